The number of hydrogen-bond acceptors (Lipinski definition) is 9. The summed E-state index contributed by atoms with van der Waals surface area (Å²) >= 11 is 0. The Balaban J connectivity index is 1.20. The van der Waals surface area contributed by atoms with E-state index in [9.17, 15) is 9.50 Å². The average molecular weight is 664 g/mol. The van der Waals surface area contributed by atoms with E-state index in [2.05, 4.69) is 35.6 Å². The quantitative estimate of drug-likeness (QED) is 0.131. The summed E-state index contributed by atoms with van der Waals surface area (Å²) in [7, 11) is 4.75. The van der Waals surface area contributed by atoms with E-state index in [4.69, 9.17) is 33.2 Å². The largest absolute Gasteiger partial charge is 0.496 e. The van der Waals surface area contributed by atoms with Crippen molar-refractivity contribution in [3.63, 3.8) is 0 Å². The van der Waals surface area contributed by atoms with Crippen LogP contribution >= 0.6 is 0 Å². The third-order valence-corrected chi connectivity index (χ3v) is 8.39. The summed E-state index contributed by atoms with van der Waals surface area (Å²) in [4.78, 5) is 0. The van der Waals surface area contributed by atoms with Crippen LogP contribution in [0.1, 0.15) is 29.0 Å². The Bertz CT molecular complexity index is 1570. The molecule has 0 amide bonds. The summed E-state index contributed by atoms with van der Waals surface area (Å²) < 4.78 is 54.1. The zero-order valence-corrected chi connectivity index (χ0v) is 27.9. The smallest absolute Gasteiger partial charge is 0.127 e. The molecule has 1 heterocycles. The highest BCUT2D eigenvalue weighted by Crippen LogP contribution is 2.33. The molecule has 0 bridgehead atoms. The Kier molecular flexibility index (Phi) is 13.4. The minimum atomic E-state index is -0.723. The van der Waals surface area contributed by atoms with Crippen LogP contribution in [0.3, 0.4) is 0 Å². The van der Waals surface area contributed by atoms with Gasteiger partial charge in [-0.2, -0.15) is 0 Å². The lowest BCUT2D eigenvalue weighted by atomic mass is 9.85. The van der Waals surface area contributed by atoms with Crippen molar-refractivity contribution in [2.24, 2.45) is 0 Å². The molecular weight excluding hydrogens is 617 g/mol. The lowest BCUT2D eigenvalue weighted by Gasteiger charge is -2.39. The van der Waals surface area contributed by atoms with Crippen LogP contribution in [-0.4, -0.2) is 84.3 Å². The minimum absolute atomic E-state index is 0.0887. The van der Waals surface area contributed by atoms with Crippen molar-refractivity contribution in [3.8, 4) is 17.2 Å². The Hall–Kier alpha value is -3.77. The van der Waals surface area contributed by atoms with Gasteiger partial charge in [-0.05, 0) is 46.8 Å². The Labute approximate surface area is 281 Å². The second-order valence-corrected chi connectivity index (χ2v) is 11.8. The first kappa shape index (κ1) is 35.5. The lowest BCUT2D eigenvalue weighted by molar-refractivity contribution is -0.0856. The molecule has 4 atom stereocenters. The highest BCUT2D eigenvalue weighted by Gasteiger charge is 2.36. The molecule has 4 aromatic rings. The van der Waals surface area contributed by atoms with Crippen molar-refractivity contribution in [1.29, 1.82) is 0 Å². The molecule has 4 aromatic carbocycles. The van der Waals surface area contributed by atoms with Crippen LogP contribution in [0.25, 0.3) is 10.8 Å². The summed E-state index contributed by atoms with van der Waals surface area (Å²) in [5.41, 5.74) is 2.88. The van der Waals surface area contributed by atoms with Crippen molar-refractivity contribution < 1.29 is 42.7 Å². The van der Waals surface area contributed by atoms with Crippen molar-refractivity contribution in [2.45, 2.75) is 43.9 Å². The number of piperidine rings is 1. The van der Waals surface area contributed by atoms with Crippen LogP contribution in [0, 0.1) is 5.82 Å². The molecule has 1 aliphatic rings. The Morgan fingerprint density at radius 3 is 2.35 bits per heavy atom. The van der Waals surface area contributed by atoms with Gasteiger partial charge in [0.15, 0.2) is 0 Å². The first-order valence-corrected chi connectivity index (χ1v) is 16.3. The zero-order chi connectivity index (χ0) is 33.7. The molecule has 10 heteroatoms. The van der Waals surface area contributed by atoms with Crippen LogP contribution in [0.2, 0.25) is 0 Å². The third-order valence-electron chi connectivity index (χ3n) is 8.39. The fraction of sp³-hybridized carbons (Fsp3) is 0.421. The van der Waals surface area contributed by atoms with Crippen LogP contribution in [-0.2, 0) is 32.2 Å². The van der Waals surface area contributed by atoms with E-state index in [1.54, 1.807) is 20.3 Å². The first-order chi connectivity index (χ1) is 23.5. The molecule has 0 radical (unpaired) electrons. The van der Waals surface area contributed by atoms with Gasteiger partial charge >= 0.3 is 0 Å². The standard InChI is InChI=1S/C38H46FNO8/c1-42-24-31(41)25-48-37-21-40-20-36(47-22-26-17-28-7-4-5-8-33(28)35(18-26)44-3)38(37)27-10-13-32(14-11-27)46-16-6-15-45-23-29-9-12-30(39)19-34(29)43-2/h4-5,7-14,17-19,31,36-38,40-41H,6,15-16,20-25H2,1-3H3/t31-,36+,37-,38-/m1/s1. The van der Waals surface area contributed by atoms with Crippen molar-refractivity contribution in [3.05, 3.63) is 101 Å². The Morgan fingerprint density at radius 1 is 0.812 bits per heavy atom. The van der Waals surface area contributed by atoms with Gasteiger partial charge in [0, 0.05) is 49.6 Å². The summed E-state index contributed by atoms with van der Waals surface area (Å²) in [6.07, 6.45) is -0.455. The van der Waals surface area contributed by atoms with Crippen LogP contribution in [0.5, 0.6) is 17.2 Å². The number of nitrogens with one attached hydrogen (secondary N) is 1. The number of benzene rings is 4. The van der Waals surface area contributed by atoms with Gasteiger partial charge in [0.1, 0.15) is 29.2 Å². The summed E-state index contributed by atoms with van der Waals surface area (Å²) in [5.74, 6) is 1.61. The fourth-order valence-electron chi connectivity index (χ4n) is 6.04. The fourth-order valence-corrected chi connectivity index (χ4v) is 6.04. The predicted octanol–water partition coefficient (Wildman–Crippen LogP) is 5.65. The number of hydrogen-bond donors (Lipinski definition) is 2. The lowest BCUT2D eigenvalue weighted by Crippen LogP contribution is -2.51. The van der Waals surface area contributed by atoms with Gasteiger partial charge in [0.05, 0.1) is 66.1 Å². The highest BCUT2D eigenvalue weighted by atomic mass is 19.1. The van der Waals surface area contributed by atoms with Gasteiger partial charge in [-0.1, -0.05) is 42.5 Å². The second kappa shape index (κ2) is 18.1. The van der Waals surface area contributed by atoms with E-state index >= 15 is 0 Å². The SMILES string of the molecule is COC[C@@H](O)CO[C@@H]1CNC[C@H](OCc2cc(OC)c3ccccc3c2)[C@H]1c1ccc(OCCCOCc2ccc(F)cc2OC)cc1. The molecule has 9 nitrogen and oxygen atoms in total. The van der Waals surface area contributed by atoms with Gasteiger partial charge in [0.25, 0.3) is 0 Å². The number of methoxy groups -OCH3 is 3. The molecule has 1 fully saturated rings. The molecule has 5 rings (SSSR count). The Morgan fingerprint density at radius 2 is 1.58 bits per heavy atom. The molecule has 0 unspecified atom stereocenters. The molecule has 0 spiro atoms. The molecule has 258 valence electrons. The third kappa shape index (κ3) is 9.65. The predicted molar refractivity (Wildman–Crippen MR) is 181 cm³/mol. The number of halogens is 1. The molecule has 0 aliphatic carbocycles. The van der Waals surface area contributed by atoms with Gasteiger partial charge in [0.2, 0.25) is 0 Å². The van der Waals surface area contributed by atoms with E-state index in [0.29, 0.717) is 51.7 Å². The van der Waals surface area contributed by atoms with Crippen molar-refractivity contribution >= 4 is 10.8 Å². The highest BCUT2D eigenvalue weighted by molar-refractivity contribution is 5.89. The molecule has 0 aromatic heterocycles. The molecule has 2 N–H and O–H groups in total. The second-order valence-electron chi connectivity index (χ2n) is 11.8. The average Bonchev–Trinajstić information content (AvgIpc) is 3.11. The molecular formula is C38H46FNO8. The van der Waals surface area contributed by atoms with Gasteiger partial charge < -0.3 is 43.6 Å². The van der Waals surface area contributed by atoms with Crippen LogP contribution in [0.15, 0.2) is 78.9 Å². The molecule has 48 heavy (non-hydrogen) atoms. The summed E-state index contributed by atoms with van der Waals surface area (Å²) in [5, 5.41) is 15.9. The molecule has 1 saturated heterocycles. The van der Waals surface area contributed by atoms with Gasteiger partial charge in [-0.25, -0.2) is 4.39 Å². The van der Waals surface area contributed by atoms with E-state index in [1.165, 1.54) is 19.2 Å². The molecule has 0 saturated carbocycles. The zero-order valence-electron chi connectivity index (χ0n) is 27.9. The van der Waals surface area contributed by atoms with E-state index in [0.717, 1.165) is 39.0 Å². The summed E-state index contributed by atoms with van der Waals surface area (Å²) in [6, 6.07) is 24.8. The number of aliphatic hydroxyl groups excluding tert-OH is 1. The van der Waals surface area contributed by atoms with Crippen molar-refractivity contribution in [1.82, 2.24) is 5.32 Å². The van der Waals surface area contributed by atoms with E-state index in [-0.39, 0.29) is 37.2 Å². The number of ether oxygens (including phenoxy) is 7. The maximum absolute atomic E-state index is 13.4. The van der Waals surface area contributed by atoms with Crippen LogP contribution in [0.4, 0.5) is 4.39 Å². The number of aliphatic hydroxyl groups is 1. The van der Waals surface area contributed by atoms with Crippen LogP contribution < -0.4 is 19.5 Å². The number of fused-ring (bicyclic) bond motifs is 1. The van der Waals surface area contributed by atoms with E-state index < -0.39 is 6.10 Å². The molecule has 1 aliphatic heterocycles. The summed E-state index contributed by atoms with van der Waals surface area (Å²) in [6.45, 7) is 3.33. The van der Waals surface area contributed by atoms with Crippen molar-refractivity contribution in [2.75, 3.05) is 60.8 Å². The first-order valence-electron chi connectivity index (χ1n) is 16.3. The minimum Gasteiger partial charge on any atom is -0.496 e. The van der Waals surface area contributed by atoms with Gasteiger partial charge in [-0.3, -0.25) is 0 Å². The van der Waals surface area contributed by atoms with E-state index in [1.807, 2.05) is 30.3 Å². The monoisotopic (exact) mass is 663 g/mol. The number of rotatable bonds is 18. The van der Waals surface area contributed by atoms with Gasteiger partial charge in [-0.15, -0.1) is 0 Å². The topological polar surface area (TPSA) is 96.9 Å². The maximum atomic E-state index is 13.4. The normalized spacial score (nSPS) is 18.5. The maximum Gasteiger partial charge on any atom is 0.127 e.